The van der Waals surface area contributed by atoms with E-state index >= 15 is 0 Å². The Morgan fingerprint density at radius 2 is 1.69 bits per heavy atom. The van der Waals surface area contributed by atoms with Crippen molar-refractivity contribution in [3.05, 3.63) is 107 Å². The minimum absolute atomic E-state index is 0.0167. The van der Waals surface area contributed by atoms with Crippen molar-refractivity contribution in [1.82, 2.24) is 0 Å². The number of hydrogen-bond acceptors (Lipinski definition) is 4. The smallest absolute Gasteiger partial charge is 0.416 e. The van der Waals surface area contributed by atoms with E-state index in [9.17, 15) is 27.9 Å². The van der Waals surface area contributed by atoms with Gasteiger partial charge < -0.3 is 20.5 Å². The fourth-order valence-electron chi connectivity index (χ4n) is 4.13. The van der Waals surface area contributed by atoms with Gasteiger partial charge in [-0.3, -0.25) is 9.59 Å². The quantitative estimate of drug-likeness (QED) is 0.256. The first-order valence-electron chi connectivity index (χ1n) is 12.3. The first-order valence-corrected chi connectivity index (χ1v) is 12.3. The van der Waals surface area contributed by atoms with E-state index in [-0.39, 0.29) is 12.5 Å². The Labute approximate surface area is 223 Å². The summed E-state index contributed by atoms with van der Waals surface area (Å²) in [6.45, 7) is 3.81. The summed E-state index contributed by atoms with van der Waals surface area (Å²) in [4.78, 5) is 24.4. The summed E-state index contributed by atoms with van der Waals surface area (Å²) in [6, 6.07) is 17.0. The Hall–Kier alpha value is -4.37. The summed E-state index contributed by atoms with van der Waals surface area (Å²) in [5.41, 5.74) is 2.68. The van der Waals surface area contributed by atoms with E-state index in [2.05, 4.69) is 10.6 Å². The normalized spacial score (nSPS) is 15.7. The minimum Gasteiger partial charge on any atom is -0.491 e. The van der Waals surface area contributed by atoms with Gasteiger partial charge in [0.2, 0.25) is 5.91 Å². The molecule has 3 N–H and O–H groups in total. The fraction of sp³-hybridized carbons (Fsp3) is 0.200. The standard InChI is InChI=1S/C30H27F3N2O4/c1-18(2)39-22-15-11-20(12-16-22)23(19-9-13-21(14-10-19)30(31,32)33)5-3-8-28(37)34-25-6-4-7-26-24(25)17-27(36)29(38)35-26/h3-16,18,27,36H,17H2,1-2H3,(H,34,37)(H,35,38). The Bertz CT molecular complexity index is 1410. The first-order chi connectivity index (χ1) is 18.5. The van der Waals surface area contributed by atoms with E-state index in [1.165, 1.54) is 24.3 Å². The van der Waals surface area contributed by atoms with Gasteiger partial charge in [0.05, 0.1) is 11.7 Å². The molecule has 0 aromatic heterocycles. The lowest BCUT2D eigenvalue weighted by Gasteiger charge is -2.23. The number of amides is 2. The average molecular weight is 537 g/mol. The zero-order valence-electron chi connectivity index (χ0n) is 21.3. The second-order valence-electron chi connectivity index (χ2n) is 9.24. The van der Waals surface area contributed by atoms with E-state index in [0.717, 1.165) is 17.7 Å². The summed E-state index contributed by atoms with van der Waals surface area (Å²) >= 11 is 0. The molecule has 0 spiro atoms. The molecule has 1 aliphatic heterocycles. The molecule has 9 heteroatoms. The van der Waals surface area contributed by atoms with Gasteiger partial charge >= 0.3 is 6.18 Å². The minimum atomic E-state index is -4.45. The van der Waals surface area contributed by atoms with Crippen LogP contribution >= 0.6 is 0 Å². The maximum Gasteiger partial charge on any atom is 0.416 e. The highest BCUT2D eigenvalue weighted by Gasteiger charge is 2.30. The molecule has 1 atom stereocenters. The molecule has 39 heavy (non-hydrogen) atoms. The van der Waals surface area contributed by atoms with Gasteiger partial charge in [-0.2, -0.15) is 13.2 Å². The van der Waals surface area contributed by atoms with E-state index in [4.69, 9.17) is 4.74 Å². The molecule has 0 aliphatic carbocycles. The lowest BCUT2D eigenvalue weighted by atomic mass is 9.96. The number of allylic oxidation sites excluding steroid dienone is 2. The van der Waals surface area contributed by atoms with Crippen molar-refractivity contribution >= 4 is 28.8 Å². The molecule has 2 amide bonds. The summed E-state index contributed by atoms with van der Waals surface area (Å²) < 4.78 is 44.9. The third kappa shape index (κ3) is 6.94. The number of carbonyl (C=O) groups is 2. The number of aliphatic hydroxyl groups excluding tert-OH is 1. The Balaban J connectivity index is 1.59. The molecule has 202 valence electrons. The Morgan fingerprint density at radius 3 is 2.31 bits per heavy atom. The molecule has 0 saturated carbocycles. The Morgan fingerprint density at radius 1 is 1.05 bits per heavy atom. The number of aliphatic hydroxyl groups is 1. The zero-order valence-corrected chi connectivity index (χ0v) is 21.3. The number of ether oxygens (including phenoxy) is 1. The molecule has 3 aromatic rings. The van der Waals surface area contributed by atoms with Crippen LogP contribution < -0.4 is 15.4 Å². The number of hydrogen-bond donors (Lipinski definition) is 3. The molecule has 6 nitrogen and oxygen atoms in total. The highest BCUT2D eigenvalue weighted by molar-refractivity contribution is 6.03. The summed E-state index contributed by atoms with van der Waals surface area (Å²) in [6.07, 6.45) is -1.17. The summed E-state index contributed by atoms with van der Waals surface area (Å²) in [5, 5.41) is 15.3. The maximum absolute atomic E-state index is 13.1. The van der Waals surface area contributed by atoms with Crippen LogP contribution in [0, 0.1) is 0 Å². The number of rotatable bonds is 7. The van der Waals surface area contributed by atoms with E-state index in [1.807, 2.05) is 13.8 Å². The third-order valence-corrected chi connectivity index (χ3v) is 5.96. The third-order valence-electron chi connectivity index (χ3n) is 5.96. The van der Waals surface area contributed by atoms with Crippen molar-refractivity contribution in [3.63, 3.8) is 0 Å². The monoisotopic (exact) mass is 536 g/mol. The van der Waals surface area contributed by atoms with Gasteiger partial charge in [0.1, 0.15) is 11.9 Å². The van der Waals surface area contributed by atoms with Crippen LogP contribution in [0.3, 0.4) is 0 Å². The van der Waals surface area contributed by atoms with Gasteiger partial charge in [-0.05, 0) is 66.9 Å². The van der Waals surface area contributed by atoms with Crippen LogP contribution in [-0.4, -0.2) is 29.1 Å². The molecule has 3 aromatic carbocycles. The van der Waals surface area contributed by atoms with E-state index in [1.54, 1.807) is 48.5 Å². The van der Waals surface area contributed by atoms with E-state index < -0.39 is 29.7 Å². The first kappa shape index (κ1) is 27.7. The largest absolute Gasteiger partial charge is 0.491 e. The second-order valence-corrected chi connectivity index (χ2v) is 9.24. The number of anilines is 2. The lowest BCUT2D eigenvalue weighted by Crippen LogP contribution is -2.34. The number of halogens is 3. The molecule has 0 saturated heterocycles. The van der Waals surface area contributed by atoms with Crippen LogP contribution in [0.2, 0.25) is 0 Å². The van der Waals surface area contributed by atoms with Crippen molar-refractivity contribution in [2.45, 2.75) is 38.7 Å². The predicted octanol–water partition coefficient (Wildman–Crippen LogP) is 5.97. The zero-order chi connectivity index (χ0) is 28.2. The van der Waals surface area contributed by atoms with Crippen LogP contribution in [-0.2, 0) is 22.2 Å². The molecule has 1 heterocycles. The fourth-order valence-corrected chi connectivity index (χ4v) is 4.13. The lowest BCUT2D eigenvalue weighted by molar-refractivity contribution is -0.137. The topological polar surface area (TPSA) is 87.7 Å². The van der Waals surface area contributed by atoms with Crippen LogP contribution in [0.4, 0.5) is 24.5 Å². The highest BCUT2D eigenvalue weighted by Crippen LogP contribution is 2.32. The molecule has 0 bridgehead atoms. The van der Waals surface area contributed by atoms with Gasteiger partial charge in [0.25, 0.3) is 5.91 Å². The van der Waals surface area contributed by atoms with Crippen molar-refractivity contribution < 1.29 is 32.6 Å². The van der Waals surface area contributed by atoms with Gasteiger partial charge in [0.15, 0.2) is 0 Å². The maximum atomic E-state index is 13.1. The molecule has 4 rings (SSSR count). The number of nitrogens with one attached hydrogen (secondary N) is 2. The molecular formula is C30H27F3N2O4. The van der Waals surface area contributed by atoms with Crippen LogP contribution in [0.25, 0.3) is 5.57 Å². The molecular weight excluding hydrogens is 509 g/mol. The SMILES string of the molecule is CC(C)Oc1ccc(C(=CC=CC(=O)Nc2cccc3c2CC(O)C(=O)N3)c2ccc(C(F)(F)F)cc2)cc1. The van der Waals surface area contributed by atoms with Gasteiger partial charge in [-0.1, -0.05) is 42.5 Å². The average Bonchev–Trinajstić information content (AvgIpc) is 2.88. The van der Waals surface area contributed by atoms with Crippen LogP contribution in [0.1, 0.15) is 36.1 Å². The molecule has 0 radical (unpaired) electrons. The molecule has 0 fully saturated rings. The van der Waals surface area contributed by atoms with Gasteiger partial charge in [-0.25, -0.2) is 0 Å². The Kier molecular flexibility index (Phi) is 8.21. The summed E-state index contributed by atoms with van der Waals surface area (Å²) in [7, 11) is 0. The molecule has 1 unspecified atom stereocenters. The predicted molar refractivity (Wildman–Crippen MR) is 143 cm³/mol. The van der Waals surface area contributed by atoms with Crippen LogP contribution in [0.15, 0.2) is 85.0 Å². The van der Waals surface area contributed by atoms with Crippen molar-refractivity contribution in [3.8, 4) is 5.75 Å². The van der Waals surface area contributed by atoms with Gasteiger partial charge in [0, 0.05) is 29.4 Å². The van der Waals surface area contributed by atoms with Gasteiger partial charge in [-0.15, -0.1) is 0 Å². The summed E-state index contributed by atoms with van der Waals surface area (Å²) in [5.74, 6) is -0.308. The highest BCUT2D eigenvalue weighted by atomic mass is 19.4. The number of benzene rings is 3. The van der Waals surface area contributed by atoms with Crippen molar-refractivity contribution in [2.75, 3.05) is 10.6 Å². The van der Waals surface area contributed by atoms with E-state index in [0.29, 0.717) is 33.8 Å². The number of alkyl halides is 3. The molecule has 1 aliphatic rings. The van der Waals surface area contributed by atoms with Crippen LogP contribution in [0.5, 0.6) is 5.75 Å². The number of fused-ring (bicyclic) bond motifs is 1. The van der Waals surface area contributed by atoms with Crippen molar-refractivity contribution in [1.29, 1.82) is 0 Å². The van der Waals surface area contributed by atoms with Crippen molar-refractivity contribution in [2.24, 2.45) is 0 Å². The second kappa shape index (κ2) is 11.6. The number of carbonyl (C=O) groups excluding carboxylic acids is 2.